The van der Waals surface area contributed by atoms with E-state index in [0.29, 0.717) is 11.5 Å². The molecule has 1 fully saturated rings. The van der Waals surface area contributed by atoms with E-state index < -0.39 is 12.6 Å². The molecule has 1 saturated heterocycles. The van der Waals surface area contributed by atoms with Gasteiger partial charge in [0, 0.05) is 38.6 Å². The molecule has 1 atom stereocenters. The minimum Gasteiger partial charge on any atom is -0.457 e. The highest BCUT2D eigenvalue weighted by Crippen LogP contribution is 2.33. The van der Waals surface area contributed by atoms with E-state index in [4.69, 9.17) is 4.74 Å². The molecule has 2 aromatic rings. The lowest BCUT2D eigenvalue weighted by molar-refractivity contribution is -0.138. The molecule has 28 heavy (non-hydrogen) atoms. The van der Waals surface area contributed by atoms with Gasteiger partial charge in [0.25, 0.3) is 0 Å². The zero-order chi connectivity index (χ0) is 18.4. The van der Waals surface area contributed by atoms with Gasteiger partial charge in [-0.2, -0.15) is 13.2 Å². The second kappa shape index (κ2) is 11.5. The first kappa shape index (κ1) is 24.6. The van der Waals surface area contributed by atoms with Crippen LogP contribution in [0.5, 0.6) is 11.5 Å². The van der Waals surface area contributed by atoms with Crippen LogP contribution in [-0.2, 0) is 0 Å². The fraction of sp³-hybridized carbons (Fsp3) is 0.400. The first-order valence-electron chi connectivity index (χ1n) is 8.86. The average molecular weight is 437 g/mol. The van der Waals surface area contributed by atoms with Gasteiger partial charge >= 0.3 is 6.18 Å². The van der Waals surface area contributed by atoms with Crippen molar-refractivity contribution in [1.82, 2.24) is 10.2 Å². The van der Waals surface area contributed by atoms with Crippen molar-refractivity contribution in [3.05, 3.63) is 60.2 Å². The number of piperazine rings is 1. The molecule has 0 aromatic heterocycles. The summed E-state index contributed by atoms with van der Waals surface area (Å²) >= 11 is 0. The average Bonchev–Trinajstić information content (AvgIpc) is 2.63. The normalized spacial score (nSPS) is 15.8. The van der Waals surface area contributed by atoms with Gasteiger partial charge in [0.15, 0.2) is 0 Å². The highest BCUT2D eigenvalue weighted by atomic mass is 35.5. The third kappa shape index (κ3) is 7.51. The number of para-hydroxylation sites is 1. The molecule has 0 amide bonds. The van der Waals surface area contributed by atoms with Crippen LogP contribution in [0.25, 0.3) is 0 Å². The predicted molar refractivity (Wildman–Crippen MR) is 110 cm³/mol. The molecule has 3 nitrogen and oxygen atoms in total. The molecular weight excluding hydrogens is 412 g/mol. The third-order valence-electron chi connectivity index (χ3n) is 4.52. The Labute approximate surface area is 176 Å². The number of nitrogens with zero attached hydrogens (tertiary/aromatic N) is 1. The van der Waals surface area contributed by atoms with Gasteiger partial charge < -0.3 is 10.1 Å². The molecule has 8 heteroatoms. The number of ether oxygens (including phenoxy) is 1. The lowest BCUT2D eigenvalue weighted by atomic mass is 9.99. The molecule has 3 rings (SSSR count). The molecule has 1 aliphatic heterocycles. The number of alkyl halides is 3. The monoisotopic (exact) mass is 436 g/mol. The molecule has 0 radical (unpaired) electrons. The van der Waals surface area contributed by atoms with Gasteiger partial charge in [0.1, 0.15) is 11.5 Å². The predicted octanol–water partition coefficient (Wildman–Crippen LogP) is 5.61. The van der Waals surface area contributed by atoms with Crippen LogP contribution in [0.1, 0.15) is 24.4 Å². The van der Waals surface area contributed by atoms with Crippen molar-refractivity contribution < 1.29 is 17.9 Å². The molecule has 1 heterocycles. The SMILES string of the molecule is Cl.Cl.FC(F)(F)CC[C@H](c1cccc(Oc2ccccc2)c1)N1CCNCC1. The van der Waals surface area contributed by atoms with Gasteiger partial charge in [-0.3, -0.25) is 4.90 Å². The van der Waals surface area contributed by atoms with Crippen LogP contribution < -0.4 is 10.1 Å². The minimum absolute atomic E-state index is 0. The number of benzene rings is 2. The lowest BCUT2D eigenvalue weighted by Gasteiger charge is -2.35. The minimum atomic E-state index is -4.15. The molecule has 0 aliphatic carbocycles. The molecule has 1 aliphatic rings. The van der Waals surface area contributed by atoms with Crippen LogP contribution >= 0.6 is 24.8 Å². The summed E-state index contributed by atoms with van der Waals surface area (Å²) in [6.45, 7) is 3.07. The van der Waals surface area contributed by atoms with Crippen molar-refractivity contribution in [2.75, 3.05) is 26.2 Å². The van der Waals surface area contributed by atoms with Crippen LogP contribution in [0, 0.1) is 0 Å². The second-order valence-electron chi connectivity index (χ2n) is 6.44. The van der Waals surface area contributed by atoms with Crippen LogP contribution in [0.2, 0.25) is 0 Å². The van der Waals surface area contributed by atoms with Crippen molar-refractivity contribution in [3.8, 4) is 11.5 Å². The van der Waals surface area contributed by atoms with Gasteiger partial charge in [0.05, 0.1) is 0 Å². The fourth-order valence-electron chi connectivity index (χ4n) is 3.26. The topological polar surface area (TPSA) is 24.5 Å². The van der Waals surface area contributed by atoms with Gasteiger partial charge in [-0.15, -0.1) is 24.8 Å². The van der Waals surface area contributed by atoms with Gasteiger partial charge in [0.2, 0.25) is 0 Å². The molecule has 2 aromatic carbocycles. The highest BCUT2D eigenvalue weighted by Gasteiger charge is 2.31. The summed E-state index contributed by atoms with van der Waals surface area (Å²) in [6.07, 6.45) is -4.88. The Morgan fingerprint density at radius 1 is 0.929 bits per heavy atom. The Morgan fingerprint density at radius 2 is 1.57 bits per heavy atom. The molecule has 0 saturated carbocycles. The van der Waals surface area contributed by atoms with E-state index in [-0.39, 0.29) is 37.3 Å². The molecule has 1 N–H and O–H groups in total. The maximum absolute atomic E-state index is 12.8. The summed E-state index contributed by atoms with van der Waals surface area (Å²) in [4.78, 5) is 2.13. The summed E-state index contributed by atoms with van der Waals surface area (Å²) in [5.74, 6) is 1.35. The van der Waals surface area contributed by atoms with Crippen molar-refractivity contribution in [3.63, 3.8) is 0 Å². The Hall–Kier alpha value is -1.47. The van der Waals surface area contributed by atoms with E-state index in [1.807, 2.05) is 54.6 Å². The maximum Gasteiger partial charge on any atom is 0.389 e. The van der Waals surface area contributed by atoms with Gasteiger partial charge in [-0.25, -0.2) is 0 Å². The summed E-state index contributed by atoms with van der Waals surface area (Å²) in [5, 5.41) is 3.25. The molecule has 156 valence electrons. The van der Waals surface area contributed by atoms with Crippen molar-refractivity contribution >= 4 is 24.8 Å². The summed E-state index contributed by atoms with van der Waals surface area (Å²) in [6, 6.07) is 16.5. The summed E-state index contributed by atoms with van der Waals surface area (Å²) in [5.41, 5.74) is 0.865. The lowest BCUT2D eigenvalue weighted by Crippen LogP contribution is -2.45. The van der Waals surface area contributed by atoms with Crippen molar-refractivity contribution in [2.24, 2.45) is 0 Å². The molecule has 0 unspecified atom stereocenters. The van der Waals surface area contributed by atoms with Crippen LogP contribution in [-0.4, -0.2) is 37.3 Å². The number of nitrogens with one attached hydrogen (secondary N) is 1. The van der Waals surface area contributed by atoms with Gasteiger partial charge in [-0.1, -0.05) is 30.3 Å². The van der Waals surface area contributed by atoms with E-state index in [2.05, 4.69) is 10.2 Å². The van der Waals surface area contributed by atoms with E-state index >= 15 is 0 Å². The first-order chi connectivity index (χ1) is 12.5. The zero-order valence-electron chi connectivity index (χ0n) is 15.3. The number of hydrogen-bond donors (Lipinski definition) is 1. The quantitative estimate of drug-likeness (QED) is 0.636. The number of rotatable bonds is 6. The Bertz CT molecular complexity index is 695. The van der Waals surface area contributed by atoms with E-state index in [0.717, 1.165) is 31.7 Å². The molecule has 0 spiro atoms. The second-order valence-corrected chi connectivity index (χ2v) is 6.44. The van der Waals surface area contributed by atoms with E-state index in [1.54, 1.807) is 0 Å². The van der Waals surface area contributed by atoms with Crippen LogP contribution in [0.4, 0.5) is 13.2 Å². The first-order valence-corrected chi connectivity index (χ1v) is 8.86. The summed E-state index contributed by atoms with van der Waals surface area (Å²) < 4.78 is 44.3. The smallest absolute Gasteiger partial charge is 0.389 e. The Morgan fingerprint density at radius 3 is 2.21 bits per heavy atom. The fourth-order valence-corrected chi connectivity index (χ4v) is 3.26. The maximum atomic E-state index is 12.8. The number of halogens is 5. The van der Waals surface area contributed by atoms with Crippen LogP contribution in [0.3, 0.4) is 0 Å². The zero-order valence-corrected chi connectivity index (χ0v) is 17.0. The molecular formula is C20H25Cl2F3N2O. The van der Waals surface area contributed by atoms with Crippen molar-refractivity contribution in [2.45, 2.75) is 25.1 Å². The Balaban J connectivity index is 0.00000196. The van der Waals surface area contributed by atoms with Crippen molar-refractivity contribution in [1.29, 1.82) is 0 Å². The summed E-state index contributed by atoms with van der Waals surface area (Å²) in [7, 11) is 0. The van der Waals surface area contributed by atoms with E-state index in [9.17, 15) is 13.2 Å². The standard InChI is InChI=1S/C20H23F3N2O.2ClH/c21-20(22,23)10-9-19(25-13-11-24-12-14-25)16-5-4-8-18(15-16)26-17-6-2-1-3-7-17;;/h1-8,15,19,24H,9-14H2;2*1H/t19-;;/m1../s1. The van der Waals surface area contributed by atoms with Crippen LogP contribution in [0.15, 0.2) is 54.6 Å². The third-order valence-corrected chi connectivity index (χ3v) is 4.52. The van der Waals surface area contributed by atoms with Gasteiger partial charge in [-0.05, 0) is 36.2 Å². The number of hydrogen-bond acceptors (Lipinski definition) is 3. The van der Waals surface area contributed by atoms with E-state index in [1.165, 1.54) is 0 Å². The highest BCUT2D eigenvalue weighted by molar-refractivity contribution is 5.85. The largest absolute Gasteiger partial charge is 0.457 e. The Kier molecular flexibility index (Phi) is 10.1. The molecule has 0 bridgehead atoms.